The molecular formula is C15H20N2O2S. The van der Waals surface area contributed by atoms with Crippen molar-refractivity contribution in [3.63, 3.8) is 0 Å². The zero-order valence-electron chi connectivity index (χ0n) is 12.1. The van der Waals surface area contributed by atoms with E-state index in [1.54, 1.807) is 23.2 Å². The third-order valence-electron chi connectivity index (χ3n) is 4.63. The van der Waals surface area contributed by atoms with Gasteiger partial charge in [0.1, 0.15) is 11.6 Å². The molecular weight excluding hydrogens is 272 g/mol. The van der Waals surface area contributed by atoms with E-state index in [0.29, 0.717) is 12.5 Å². The van der Waals surface area contributed by atoms with E-state index < -0.39 is 11.6 Å². The van der Waals surface area contributed by atoms with Gasteiger partial charge < -0.3 is 10.2 Å². The number of carbonyl (C=O) groups is 2. The molecule has 2 fully saturated rings. The number of rotatable bonds is 3. The van der Waals surface area contributed by atoms with Crippen LogP contribution in [-0.2, 0) is 16.1 Å². The molecule has 3 rings (SSSR count). The molecule has 0 spiro atoms. The SMILES string of the molecule is Cc1cscc1CN1C(=O)C(C)(C2CC2)NC(=O)C1C. The molecule has 0 bridgehead atoms. The molecule has 1 aromatic rings. The average molecular weight is 292 g/mol. The maximum absolute atomic E-state index is 12.8. The van der Waals surface area contributed by atoms with E-state index in [2.05, 4.69) is 16.1 Å². The van der Waals surface area contributed by atoms with Crippen molar-refractivity contribution in [3.05, 3.63) is 21.9 Å². The summed E-state index contributed by atoms with van der Waals surface area (Å²) in [5, 5.41) is 7.09. The number of thiophene rings is 1. The third kappa shape index (κ3) is 2.04. The van der Waals surface area contributed by atoms with E-state index in [9.17, 15) is 9.59 Å². The Balaban J connectivity index is 1.89. The van der Waals surface area contributed by atoms with Crippen LogP contribution in [-0.4, -0.2) is 28.3 Å². The van der Waals surface area contributed by atoms with Crippen LogP contribution in [0.2, 0.25) is 0 Å². The standard InChI is InChI=1S/C15H20N2O2S/c1-9-7-20-8-11(9)6-17-10(2)13(18)16-15(3,14(17)19)12-4-5-12/h7-8,10,12H,4-6H2,1-3H3,(H,16,18). The van der Waals surface area contributed by atoms with Crippen LogP contribution in [0.3, 0.4) is 0 Å². The molecule has 2 heterocycles. The zero-order chi connectivity index (χ0) is 14.5. The normalized spacial score (nSPS) is 30.6. The minimum Gasteiger partial charge on any atom is -0.340 e. The number of amides is 2. The van der Waals surface area contributed by atoms with Gasteiger partial charge in [-0.3, -0.25) is 9.59 Å². The van der Waals surface area contributed by atoms with Gasteiger partial charge in [0, 0.05) is 6.54 Å². The Labute approximate surface area is 123 Å². The second-order valence-corrected chi connectivity index (χ2v) is 6.90. The number of carbonyl (C=O) groups excluding carboxylic acids is 2. The Bertz CT molecular complexity index is 564. The first-order valence-corrected chi connectivity index (χ1v) is 8.02. The maximum atomic E-state index is 12.8. The highest BCUT2D eigenvalue weighted by atomic mass is 32.1. The van der Waals surface area contributed by atoms with Gasteiger partial charge >= 0.3 is 0 Å². The van der Waals surface area contributed by atoms with Gasteiger partial charge in [0.15, 0.2) is 0 Å². The van der Waals surface area contributed by atoms with Gasteiger partial charge in [0.05, 0.1) is 0 Å². The van der Waals surface area contributed by atoms with Crippen LogP contribution in [0, 0.1) is 12.8 Å². The summed E-state index contributed by atoms with van der Waals surface area (Å²) in [6.07, 6.45) is 2.06. The van der Waals surface area contributed by atoms with Gasteiger partial charge in [-0.25, -0.2) is 0 Å². The van der Waals surface area contributed by atoms with Crippen molar-refractivity contribution in [2.24, 2.45) is 5.92 Å². The molecule has 4 nitrogen and oxygen atoms in total. The maximum Gasteiger partial charge on any atom is 0.249 e. The summed E-state index contributed by atoms with van der Waals surface area (Å²) in [7, 11) is 0. The van der Waals surface area contributed by atoms with Crippen molar-refractivity contribution in [2.45, 2.75) is 51.7 Å². The molecule has 1 saturated carbocycles. The lowest BCUT2D eigenvalue weighted by molar-refractivity contribution is -0.155. The average Bonchev–Trinajstić information content (AvgIpc) is 3.18. The second-order valence-electron chi connectivity index (χ2n) is 6.15. The number of hydrogen-bond acceptors (Lipinski definition) is 3. The summed E-state index contributed by atoms with van der Waals surface area (Å²) in [6, 6.07) is -0.395. The topological polar surface area (TPSA) is 49.4 Å². The molecule has 2 unspecified atom stereocenters. The molecule has 108 valence electrons. The highest BCUT2D eigenvalue weighted by molar-refractivity contribution is 7.08. The molecule has 1 aliphatic carbocycles. The highest BCUT2D eigenvalue weighted by Crippen LogP contribution is 2.42. The summed E-state index contributed by atoms with van der Waals surface area (Å²) in [5.74, 6) is 0.335. The van der Waals surface area contributed by atoms with E-state index in [0.717, 1.165) is 18.4 Å². The Morgan fingerprint density at radius 2 is 2.10 bits per heavy atom. The number of piperazine rings is 1. The van der Waals surface area contributed by atoms with E-state index >= 15 is 0 Å². The first-order chi connectivity index (χ1) is 9.43. The lowest BCUT2D eigenvalue weighted by Crippen LogP contribution is -2.69. The fourth-order valence-corrected chi connectivity index (χ4v) is 3.76. The molecule has 0 aromatic carbocycles. The minimum atomic E-state index is -0.701. The molecule has 1 aliphatic heterocycles. The largest absolute Gasteiger partial charge is 0.340 e. The van der Waals surface area contributed by atoms with Crippen LogP contribution < -0.4 is 5.32 Å². The third-order valence-corrected chi connectivity index (χ3v) is 5.54. The number of hydrogen-bond donors (Lipinski definition) is 1. The Kier molecular flexibility index (Phi) is 3.12. The van der Waals surface area contributed by atoms with E-state index in [-0.39, 0.29) is 11.8 Å². The summed E-state index contributed by atoms with van der Waals surface area (Å²) >= 11 is 1.64. The Hall–Kier alpha value is -1.36. The van der Waals surface area contributed by atoms with E-state index in [1.807, 2.05) is 13.8 Å². The van der Waals surface area contributed by atoms with Crippen molar-refractivity contribution in [1.82, 2.24) is 10.2 Å². The van der Waals surface area contributed by atoms with Gasteiger partial charge in [-0.2, -0.15) is 11.3 Å². The first kappa shape index (κ1) is 13.6. The van der Waals surface area contributed by atoms with E-state index in [1.165, 1.54) is 5.56 Å². The molecule has 5 heteroatoms. The second kappa shape index (κ2) is 4.58. The Morgan fingerprint density at radius 1 is 1.40 bits per heavy atom. The van der Waals surface area contributed by atoms with Crippen molar-refractivity contribution in [3.8, 4) is 0 Å². The Morgan fingerprint density at radius 3 is 2.65 bits per heavy atom. The van der Waals surface area contributed by atoms with Crippen molar-refractivity contribution in [2.75, 3.05) is 0 Å². The van der Waals surface area contributed by atoms with Crippen molar-refractivity contribution >= 4 is 23.2 Å². The fourth-order valence-electron chi connectivity index (χ4n) is 2.91. The number of nitrogens with zero attached hydrogens (tertiary/aromatic N) is 1. The summed E-state index contributed by atoms with van der Waals surface area (Å²) in [5.41, 5.74) is 1.63. The summed E-state index contributed by atoms with van der Waals surface area (Å²) in [4.78, 5) is 26.8. The predicted molar refractivity (Wildman–Crippen MR) is 78.3 cm³/mol. The van der Waals surface area contributed by atoms with Crippen LogP contribution in [0.4, 0.5) is 0 Å². The molecule has 1 N–H and O–H groups in total. The van der Waals surface area contributed by atoms with Gasteiger partial charge in [0.25, 0.3) is 0 Å². The van der Waals surface area contributed by atoms with E-state index in [4.69, 9.17) is 0 Å². The van der Waals surface area contributed by atoms with Gasteiger partial charge in [-0.1, -0.05) is 0 Å². The number of nitrogens with one attached hydrogen (secondary N) is 1. The minimum absolute atomic E-state index is 0.0353. The lowest BCUT2D eigenvalue weighted by atomic mass is 9.89. The zero-order valence-corrected chi connectivity index (χ0v) is 12.9. The summed E-state index contributed by atoms with van der Waals surface area (Å²) < 4.78 is 0. The molecule has 2 amide bonds. The van der Waals surface area contributed by atoms with Crippen LogP contribution in [0.25, 0.3) is 0 Å². The van der Waals surface area contributed by atoms with Crippen LogP contribution >= 0.6 is 11.3 Å². The molecule has 1 aromatic heterocycles. The molecule has 2 atom stereocenters. The summed E-state index contributed by atoms with van der Waals surface area (Å²) in [6.45, 7) is 6.27. The highest BCUT2D eigenvalue weighted by Gasteiger charge is 2.54. The van der Waals surface area contributed by atoms with Gasteiger partial charge in [-0.15, -0.1) is 0 Å². The van der Waals surface area contributed by atoms with Crippen LogP contribution in [0.15, 0.2) is 10.8 Å². The molecule has 1 saturated heterocycles. The predicted octanol–water partition coefficient (Wildman–Crippen LogP) is 2.07. The van der Waals surface area contributed by atoms with Crippen molar-refractivity contribution < 1.29 is 9.59 Å². The van der Waals surface area contributed by atoms with Gasteiger partial charge in [-0.05, 0) is 61.4 Å². The molecule has 2 aliphatic rings. The monoisotopic (exact) mass is 292 g/mol. The fraction of sp³-hybridized carbons (Fsp3) is 0.600. The van der Waals surface area contributed by atoms with Gasteiger partial charge in [0.2, 0.25) is 11.8 Å². The first-order valence-electron chi connectivity index (χ1n) is 7.08. The smallest absolute Gasteiger partial charge is 0.249 e. The molecule has 20 heavy (non-hydrogen) atoms. The van der Waals surface area contributed by atoms with Crippen LogP contribution in [0.5, 0.6) is 0 Å². The van der Waals surface area contributed by atoms with Crippen molar-refractivity contribution in [1.29, 1.82) is 0 Å². The molecule has 0 radical (unpaired) electrons. The lowest BCUT2D eigenvalue weighted by Gasteiger charge is -2.43. The number of aryl methyl sites for hydroxylation is 1. The quantitative estimate of drug-likeness (QED) is 0.927. The van der Waals surface area contributed by atoms with Crippen LogP contribution in [0.1, 0.15) is 37.8 Å².